The lowest BCUT2D eigenvalue weighted by Crippen LogP contribution is -2.07. The molecule has 20 heavy (non-hydrogen) atoms. The van der Waals surface area contributed by atoms with E-state index in [9.17, 15) is 0 Å². The largest absolute Gasteiger partial charge is 0.497 e. The van der Waals surface area contributed by atoms with Crippen molar-refractivity contribution in [3.63, 3.8) is 0 Å². The molecule has 0 fully saturated rings. The van der Waals surface area contributed by atoms with E-state index in [-0.39, 0.29) is 0 Å². The Morgan fingerprint density at radius 1 is 1.05 bits per heavy atom. The van der Waals surface area contributed by atoms with Gasteiger partial charge in [0, 0.05) is 5.69 Å². The van der Waals surface area contributed by atoms with Gasteiger partial charge in [0.1, 0.15) is 5.75 Å². The second-order valence-corrected chi connectivity index (χ2v) is 5.68. The normalized spacial score (nSPS) is 16.9. The summed E-state index contributed by atoms with van der Waals surface area (Å²) in [6.45, 7) is 4.29. The fourth-order valence-electron chi connectivity index (χ4n) is 3.12. The van der Waals surface area contributed by atoms with E-state index in [1.807, 2.05) is 0 Å². The van der Waals surface area contributed by atoms with Gasteiger partial charge in [0.05, 0.1) is 13.2 Å². The van der Waals surface area contributed by atoms with Crippen LogP contribution in [-0.2, 0) is 6.42 Å². The molecule has 0 bridgehead atoms. The minimum absolute atomic E-state index is 0.390. The number of aryl methyl sites for hydroxylation is 3. The van der Waals surface area contributed by atoms with Crippen molar-refractivity contribution in [1.82, 2.24) is 0 Å². The quantitative estimate of drug-likeness (QED) is 0.889. The average Bonchev–Trinajstić information content (AvgIpc) is 2.80. The molecule has 0 radical (unpaired) electrons. The molecule has 104 valence electrons. The highest BCUT2D eigenvalue weighted by Crippen LogP contribution is 2.36. The second kappa shape index (κ2) is 5.20. The molecule has 0 aromatic heterocycles. The smallest absolute Gasteiger partial charge is 0.119 e. The molecule has 0 saturated carbocycles. The summed E-state index contributed by atoms with van der Waals surface area (Å²) in [7, 11) is 1.73. The van der Waals surface area contributed by atoms with Crippen LogP contribution in [0.4, 0.5) is 5.69 Å². The van der Waals surface area contributed by atoms with Crippen LogP contribution in [0.3, 0.4) is 0 Å². The third kappa shape index (κ3) is 2.51. The molecule has 2 nitrogen and oxygen atoms in total. The molecule has 1 unspecified atom stereocenters. The minimum Gasteiger partial charge on any atom is -0.497 e. The van der Waals surface area contributed by atoms with Crippen LogP contribution in [0.2, 0.25) is 0 Å². The number of ether oxygens (including phenoxy) is 1. The van der Waals surface area contributed by atoms with Gasteiger partial charge in [0.25, 0.3) is 0 Å². The Labute approximate surface area is 120 Å². The Hall–Kier alpha value is -1.96. The standard InChI is InChI=1S/C18H21NO/c1-12-8-13(2)10-15(9-12)19-18-7-5-14-4-6-16(20-3)11-17(14)18/h4,6,8-11,18-19H,5,7H2,1-3H3. The van der Waals surface area contributed by atoms with E-state index in [0.29, 0.717) is 6.04 Å². The molecule has 2 heteroatoms. The second-order valence-electron chi connectivity index (χ2n) is 5.68. The van der Waals surface area contributed by atoms with E-state index < -0.39 is 0 Å². The monoisotopic (exact) mass is 267 g/mol. The summed E-state index contributed by atoms with van der Waals surface area (Å²) in [6, 6.07) is 13.4. The summed E-state index contributed by atoms with van der Waals surface area (Å²) in [5.74, 6) is 0.942. The van der Waals surface area contributed by atoms with E-state index in [0.717, 1.165) is 18.6 Å². The van der Waals surface area contributed by atoms with Crippen molar-refractivity contribution < 1.29 is 4.74 Å². The highest BCUT2D eigenvalue weighted by atomic mass is 16.5. The molecule has 0 aliphatic heterocycles. The summed E-state index contributed by atoms with van der Waals surface area (Å²) in [6.07, 6.45) is 2.29. The van der Waals surface area contributed by atoms with E-state index in [1.165, 1.54) is 27.9 Å². The van der Waals surface area contributed by atoms with Crippen molar-refractivity contribution in [2.45, 2.75) is 32.7 Å². The van der Waals surface area contributed by atoms with E-state index in [4.69, 9.17) is 4.74 Å². The lowest BCUT2D eigenvalue weighted by molar-refractivity contribution is 0.414. The van der Waals surface area contributed by atoms with Crippen LogP contribution in [0, 0.1) is 13.8 Å². The predicted octanol–water partition coefficient (Wildman–Crippen LogP) is 4.41. The third-order valence-electron chi connectivity index (χ3n) is 3.99. The minimum atomic E-state index is 0.390. The zero-order valence-corrected chi connectivity index (χ0v) is 12.4. The molecule has 2 aromatic carbocycles. The first-order valence-electron chi connectivity index (χ1n) is 7.17. The van der Waals surface area contributed by atoms with Crippen molar-refractivity contribution >= 4 is 5.69 Å². The molecule has 0 amide bonds. The summed E-state index contributed by atoms with van der Waals surface area (Å²) < 4.78 is 5.35. The van der Waals surface area contributed by atoms with Gasteiger partial charge in [0.2, 0.25) is 0 Å². The number of benzene rings is 2. The lowest BCUT2D eigenvalue weighted by Gasteiger charge is -2.17. The molecule has 1 atom stereocenters. The molecule has 1 aliphatic rings. The first kappa shape index (κ1) is 13.0. The van der Waals surface area contributed by atoms with Gasteiger partial charge in [-0.1, -0.05) is 12.1 Å². The maximum atomic E-state index is 5.35. The summed E-state index contributed by atoms with van der Waals surface area (Å²) in [5, 5.41) is 3.67. The van der Waals surface area contributed by atoms with Crippen LogP contribution in [0.25, 0.3) is 0 Å². The Bertz CT molecular complexity index is 613. The van der Waals surface area contributed by atoms with Gasteiger partial charge in [-0.2, -0.15) is 0 Å². The molecule has 0 spiro atoms. The Morgan fingerprint density at radius 3 is 2.50 bits per heavy atom. The zero-order chi connectivity index (χ0) is 14.1. The van der Waals surface area contributed by atoms with Crippen molar-refractivity contribution in [1.29, 1.82) is 0 Å². The van der Waals surface area contributed by atoms with Gasteiger partial charge in [-0.15, -0.1) is 0 Å². The fraction of sp³-hybridized carbons (Fsp3) is 0.333. The first-order valence-corrected chi connectivity index (χ1v) is 7.17. The molecular formula is C18H21NO. The molecule has 1 N–H and O–H groups in total. The van der Waals surface area contributed by atoms with Crippen molar-refractivity contribution in [2.75, 3.05) is 12.4 Å². The third-order valence-corrected chi connectivity index (χ3v) is 3.99. The van der Waals surface area contributed by atoms with Crippen LogP contribution >= 0.6 is 0 Å². The number of methoxy groups -OCH3 is 1. The van der Waals surface area contributed by atoms with Gasteiger partial charge in [-0.3, -0.25) is 0 Å². The molecule has 0 heterocycles. The highest BCUT2D eigenvalue weighted by Gasteiger charge is 2.22. The number of fused-ring (bicyclic) bond motifs is 1. The molecule has 1 aliphatic carbocycles. The first-order chi connectivity index (χ1) is 9.65. The average molecular weight is 267 g/mol. The van der Waals surface area contributed by atoms with E-state index in [2.05, 4.69) is 55.6 Å². The number of rotatable bonds is 3. The fourth-order valence-corrected chi connectivity index (χ4v) is 3.12. The van der Waals surface area contributed by atoms with Crippen LogP contribution < -0.4 is 10.1 Å². The van der Waals surface area contributed by atoms with Crippen LogP contribution in [0.1, 0.15) is 34.7 Å². The van der Waals surface area contributed by atoms with Gasteiger partial charge < -0.3 is 10.1 Å². The van der Waals surface area contributed by atoms with Gasteiger partial charge in [-0.05, 0) is 73.2 Å². The van der Waals surface area contributed by atoms with Crippen molar-refractivity contribution in [3.05, 3.63) is 58.7 Å². The summed E-state index contributed by atoms with van der Waals surface area (Å²) >= 11 is 0. The maximum Gasteiger partial charge on any atom is 0.119 e. The SMILES string of the molecule is COc1ccc2c(c1)C(Nc1cc(C)cc(C)c1)CC2. The Balaban J connectivity index is 1.87. The van der Waals surface area contributed by atoms with Crippen molar-refractivity contribution in [3.8, 4) is 5.75 Å². The van der Waals surface area contributed by atoms with Gasteiger partial charge >= 0.3 is 0 Å². The zero-order valence-electron chi connectivity index (χ0n) is 12.4. The van der Waals surface area contributed by atoms with E-state index >= 15 is 0 Å². The van der Waals surface area contributed by atoms with Crippen molar-refractivity contribution in [2.24, 2.45) is 0 Å². The van der Waals surface area contributed by atoms with E-state index in [1.54, 1.807) is 7.11 Å². The van der Waals surface area contributed by atoms with Crippen LogP contribution in [0.5, 0.6) is 5.75 Å². The Morgan fingerprint density at radius 2 is 1.80 bits per heavy atom. The molecule has 0 saturated heterocycles. The molecule has 3 rings (SSSR count). The summed E-state index contributed by atoms with van der Waals surface area (Å²) in [4.78, 5) is 0. The molecule has 2 aromatic rings. The van der Waals surface area contributed by atoms with Crippen LogP contribution in [-0.4, -0.2) is 7.11 Å². The maximum absolute atomic E-state index is 5.35. The number of nitrogens with one attached hydrogen (secondary N) is 1. The number of anilines is 1. The number of hydrogen-bond donors (Lipinski definition) is 1. The highest BCUT2D eigenvalue weighted by molar-refractivity contribution is 5.52. The lowest BCUT2D eigenvalue weighted by atomic mass is 10.1. The molecular weight excluding hydrogens is 246 g/mol. The predicted molar refractivity (Wildman–Crippen MR) is 83.6 cm³/mol. The topological polar surface area (TPSA) is 21.3 Å². The van der Waals surface area contributed by atoms with Gasteiger partial charge in [0.15, 0.2) is 0 Å². The Kier molecular flexibility index (Phi) is 3.39. The van der Waals surface area contributed by atoms with Crippen LogP contribution in [0.15, 0.2) is 36.4 Å². The summed E-state index contributed by atoms with van der Waals surface area (Å²) in [5.41, 5.74) is 6.63. The number of hydrogen-bond acceptors (Lipinski definition) is 2. The van der Waals surface area contributed by atoms with Gasteiger partial charge in [-0.25, -0.2) is 0 Å².